The Kier molecular flexibility index (Phi) is 8.04. The van der Waals surface area contributed by atoms with Crippen molar-refractivity contribution in [2.24, 2.45) is 0 Å². The summed E-state index contributed by atoms with van der Waals surface area (Å²) in [6.07, 6.45) is 1.64. The fourth-order valence-corrected chi connectivity index (χ4v) is 4.10. The van der Waals surface area contributed by atoms with Crippen LogP contribution >= 0.6 is 11.8 Å². The molecule has 1 aliphatic heterocycles. The first kappa shape index (κ1) is 21.9. The van der Waals surface area contributed by atoms with Crippen LogP contribution in [0.1, 0.15) is 32.3 Å². The minimum Gasteiger partial charge on any atom is -0.467 e. The normalized spacial score (nSPS) is 18.2. The zero-order valence-corrected chi connectivity index (χ0v) is 17.2. The highest BCUT2D eigenvalue weighted by atomic mass is 32.2. The Balaban J connectivity index is 2.03. The molecule has 28 heavy (non-hydrogen) atoms. The second-order valence-corrected chi connectivity index (χ2v) is 8.11. The molecule has 0 unspecified atom stereocenters. The summed E-state index contributed by atoms with van der Waals surface area (Å²) in [5.74, 6) is -1.15. The fourth-order valence-electron chi connectivity index (χ4n) is 3.24. The Morgan fingerprint density at radius 1 is 1.25 bits per heavy atom. The molecule has 8 heteroatoms. The number of likely N-dealkylation sites (tertiary alicyclic amines) is 1. The van der Waals surface area contributed by atoms with Crippen LogP contribution in [0.25, 0.3) is 0 Å². The molecule has 1 aliphatic rings. The van der Waals surface area contributed by atoms with E-state index in [1.165, 1.54) is 18.9 Å². The minimum absolute atomic E-state index is 0.166. The van der Waals surface area contributed by atoms with Gasteiger partial charge < -0.3 is 15.0 Å². The Labute approximate surface area is 169 Å². The van der Waals surface area contributed by atoms with Gasteiger partial charge in [0.25, 0.3) is 0 Å². The van der Waals surface area contributed by atoms with Gasteiger partial charge in [-0.2, -0.15) is 0 Å². The fraction of sp³-hybridized carbons (Fsp3) is 0.500. The average Bonchev–Trinajstić information content (AvgIpc) is 3.16. The zero-order valence-electron chi connectivity index (χ0n) is 16.3. The van der Waals surface area contributed by atoms with Crippen molar-refractivity contribution >= 4 is 34.7 Å². The molecule has 2 amide bonds. The maximum Gasteiger partial charge on any atom is 0.328 e. The van der Waals surface area contributed by atoms with Crippen LogP contribution in [-0.2, 0) is 30.3 Å². The minimum atomic E-state index is -0.802. The first-order valence-corrected chi connectivity index (χ1v) is 10.1. The van der Waals surface area contributed by atoms with Crippen LogP contribution < -0.4 is 5.32 Å². The number of nitrogens with one attached hydrogen (secondary N) is 1. The summed E-state index contributed by atoms with van der Waals surface area (Å²) in [7, 11) is 1.29. The van der Waals surface area contributed by atoms with E-state index in [1.54, 1.807) is 6.92 Å². The SMILES string of the molecule is COC(=O)[C@@H]1CCCN1C(=O)[C@H](C)NC(=O)[C@H](Cc1ccccc1)SC(C)=O. The molecule has 1 aromatic rings. The molecular weight excluding hydrogens is 380 g/mol. The lowest BCUT2D eigenvalue weighted by atomic mass is 10.1. The number of carbonyl (C=O) groups excluding carboxylic acids is 4. The molecule has 0 spiro atoms. The van der Waals surface area contributed by atoms with Crippen LogP contribution in [-0.4, -0.2) is 58.8 Å². The lowest BCUT2D eigenvalue weighted by Gasteiger charge is -2.27. The predicted molar refractivity (Wildman–Crippen MR) is 107 cm³/mol. The molecular formula is C20H26N2O5S. The van der Waals surface area contributed by atoms with Crippen LogP contribution in [0.2, 0.25) is 0 Å². The monoisotopic (exact) mass is 406 g/mol. The summed E-state index contributed by atoms with van der Waals surface area (Å²) >= 11 is 0.948. The molecule has 0 aromatic heterocycles. The second-order valence-electron chi connectivity index (χ2n) is 6.73. The van der Waals surface area contributed by atoms with Gasteiger partial charge in [-0.25, -0.2) is 4.79 Å². The highest BCUT2D eigenvalue weighted by Crippen LogP contribution is 2.21. The van der Waals surface area contributed by atoms with E-state index in [0.29, 0.717) is 25.8 Å². The molecule has 3 atom stereocenters. The molecule has 0 saturated carbocycles. The van der Waals surface area contributed by atoms with E-state index in [1.807, 2.05) is 30.3 Å². The number of hydrogen-bond acceptors (Lipinski definition) is 6. The van der Waals surface area contributed by atoms with Crippen molar-refractivity contribution in [3.8, 4) is 0 Å². The van der Waals surface area contributed by atoms with Gasteiger partial charge >= 0.3 is 5.97 Å². The van der Waals surface area contributed by atoms with E-state index in [4.69, 9.17) is 4.74 Å². The summed E-state index contributed by atoms with van der Waals surface area (Å²) in [5, 5.41) is 1.90. The van der Waals surface area contributed by atoms with Gasteiger partial charge in [0.05, 0.1) is 12.4 Å². The zero-order chi connectivity index (χ0) is 20.7. The third-order valence-corrected chi connectivity index (χ3v) is 5.60. The molecule has 1 saturated heterocycles. The number of esters is 1. The van der Waals surface area contributed by atoms with E-state index < -0.39 is 23.3 Å². The van der Waals surface area contributed by atoms with E-state index in [0.717, 1.165) is 17.3 Å². The van der Waals surface area contributed by atoms with E-state index in [9.17, 15) is 19.2 Å². The molecule has 152 valence electrons. The van der Waals surface area contributed by atoms with Gasteiger partial charge in [-0.05, 0) is 31.7 Å². The van der Waals surface area contributed by atoms with Gasteiger partial charge in [0.1, 0.15) is 12.1 Å². The van der Waals surface area contributed by atoms with Gasteiger partial charge in [0.15, 0.2) is 5.12 Å². The molecule has 0 aliphatic carbocycles. The Hall–Kier alpha value is -2.35. The summed E-state index contributed by atoms with van der Waals surface area (Å²) in [6.45, 7) is 3.45. The summed E-state index contributed by atoms with van der Waals surface area (Å²) in [6, 6.07) is 7.99. The van der Waals surface area contributed by atoms with Crippen molar-refractivity contribution in [2.75, 3.05) is 13.7 Å². The molecule has 1 heterocycles. The maximum absolute atomic E-state index is 12.7. The van der Waals surface area contributed by atoms with Crippen molar-refractivity contribution in [3.05, 3.63) is 35.9 Å². The number of rotatable bonds is 7. The smallest absolute Gasteiger partial charge is 0.328 e. The second kappa shape index (κ2) is 10.3. The van der Waals surface area contributed by atoms with Crippen molar-refractivity contribution in [1.82, 2.24) is 10.2 Å². The molecule has 7 nitrogen and oxygen atoms in total. The topological polar surface area (TPSA) is 92.8 Å². The van der Waals surface area contributed by atoms with Crippen LogP contribution in [0.15, 0.2) is 30.3 Å². The number of carbonyl (C=O) groups is 4. The standard InChI is InChI=1S/C20H26N2O5S/c1-13(19(25)22-11-7-10-16(22)20(26)27-3)21-18(24)17(28-14(2)23)12-15-8-5-4-6-9-15/h4-6,8-9,13,16-17H,7,10-12H2,1-3H3,(H,21,24)/t13-,16-,17-/m0/s1. The van der Waals surface area contributed by atoms with Crippen molar-refractivity contribution < 1.29 is 23.9 Å². The molecule has 2 rings (SSSR count). The lowest BCUT2D eigenvalue weighted by molar-refractivity contribution is -0.151. The van der Waals surface area contributed by atoms with Gasteiger partial charge in [-0.15, -0.1) is 0 Å². The lowest BCUT2D eigenvalue weighted by Crippen LogP contribution is -2.52. The van der Waals surface area contributed by atoms with E-state index >= 15 is 0 Å². The number of ether oxygens (including phenoxy) is 1. The number of hydrogen-bond donors (Lipinski definition) is 1. The predicted octanol–water partition coefficient (Wildman–Crippen LogP) is 1.55. The van der Waals surface area contributed by atoms with Gasteiger partial charge in [-0.1, -0.05) is 42.1 Å². The van der Waals surface area contributed by atoms with Crippen LogP contribution in [0.5, 0.6) is 0 Å². The number of thioether (sulfide) groups is 1. The quantitative estimate of drug-likeness (QED) is 0.691. The number of nitrogens with zero attached hydrogens (tertiary/aromatic N) is 1. The Morgan fingerprint density at radius 3 is 2.54 bits per heavy atom. The largest absolute Gasteiger partial charge is 0.467 e. The van der Waals surface area contributed by atoms with Gasteiger partial charge in [0.2, 0.25) is 11.8 Å². The Morgan fingerprint density at radius 2 is 1.93 bits per heavy atom. The highest BCUT2D eigenvalue weighted by Gasteiger charge is 2.37. The molecule has 1 fully saturated rings. The van der Waals surface area contributed by atoms with E-state index in [2.05, 4.69) is 5.32 Å². The van der Waals surface area contributed by atoms with Crippen molar-refractivity contribution in [2.45, 2.75) is 50.4 Å². The van der Waals surface area contributed by atoms with Crippen molar-refractivity contribution in [3.63, 3.8) is 0 Å². The van der Waals surface area contributed by atoms with Gasteiger partial charge in [-0.3, -0.25) is 14.4 Å². The number of benzene rings is 1. The maximum atomic E-state index is 12.7. The average molecular weight is 407 g/mol. The van der Waals surface area contributed by atoms with Crippen LogP contribution in [0, 0.1) is 0 Å². The Bertz CT molecular complexity index is 725. The van der Waals surface area contributed by atoms with Crippen molar-refractivity contribution in [1.29, 1.82) is 0 Å². The van der Waals surface area contributed by atoms with Crippen LogP contribution in [0.3, 0.4) is 0 Å². The third kappa shape index (κ3) is 5.82. The summed E-state index contributed by atoms with van der Waals surface area (Å²) in [4.78, 5) is 50.4. The molecule has 0 bridgehead atoms. The summed E-state index contributed by atoms with van der Waals surface area (Å²) in [5.41, 5.74) is 0.931. The molecule has 1 aromatic carbocycles. The first-order valence-electron chi connectivity index (χ1n) is 9.23. The molecule has 0 radical (unpaired) electrons. The highest BCUT2D eigenvalue weighted by molar-refractivity contribution is 8.14. The molecule has 1 N–H and O–H groups in total. The summed E-state index contributed by atoms with van der Waals surface area (Å²) < 4.78 is 4.76. The first-order chi connectivity index (χ1) is 13.3. The van der Waals surface area contributed by atoms with Gasteiger partial charge in [0, 0.05) is 13.5 Å². The third-order valence-electron chi connectivity index (χ3n) is 4.60. The van der Waals surface area contributed by atoms with E-state index in [-0.39, 0.29) is 16.9 Å². The number of amides is 2. The number of methoxy groups -OCH3 is 1. The van der Waals surface area contributed by atoms with Crippen LogP contribution in [0.4, 0.5) is 0 Å².